The second-order valence-corrected chi connectivity index (χ2v) is 2.23. The summed E-state index contributed by atoms with van der Waals surface area (Å²) in [6, 6.07) is 0. The number of aliphatic hydroxyl groups is 1. The number of hydrogen-bond donors (Lipinski definition) is 2. The van der Waals surface area contributed by atoms with E-state index in [0.717, 1.165) is 0 Å². The van der Waals surface area contributed by atoms with Crippen molar-refractivity contribution in [1.82, 2.24) is 0 Å². The molecule has 0 aromatic heterocycles. The Kier molecular flexibility index (Phi) is 3.02. The Hall–Kier alpha value is -0.900. The SMILES string of the molecule is CC(=O)C(C(N)=O)C(C)O. The number of amides is 1. The van der Waals surface area contributed by atoms with Crippen LogP contribution in [0.3, 0.4) is 0 Å². The molecule has 10 heavy (non-hydrogen) atoms. The van der Waals surface area contributed by atoms with Gasteiger partial charge in [0.25, 0.3) is 0 Å². The van der Waals surface area contributed by atoms with Crippen LogP contribution in [0.5, 0.6) is 0 Å². The van der Waals surface area contributed by atoms with E-state index in [1.807, 2.05) is 0 Å². The van der Waals surface area contributed by atoms with Gasteiger partial charge in [0.1, 0.15) is 11.7 Å². The molecular formula is C6H11NO3. The molecule has 0 rings (SSSR count). The average molecular weight is 145 g/mol. The molecule has 0 saturated heterocycles. The van der Waals surface area contributed by atoms with Gasteiger partial charge in [-0.3, -0.25) is 9.59 Å². The van der Waals surface area contributed by atoms with Crippen LogP contribution in [0, 0.1) is 5.92 Å². The quantitative estimate of drug-likeness (QED) is 0.503. The number of Topliss-reactive ketones (excluding diaryl/α,β-unsaturated/α-hetero) is 1. The lowest BCUT2D eigenvalue weighted by Crippen LogP contribution is -2.36. The fourth-order valence-electron chi connectivity index (χ4n) is 0.778. The molecule has 0 aliphatic heterocycles. The normalized spacial score (nSPS) is 15.9. The summed E-state index contributed by atoms with van der Waals surface area (Å²) >= 11 is 0. The molecule has 0 spiro atoms. The van der Waals surface area contributed by atoms with E-state index in [1.165, 1.54) is 13.8 Å². The van der Waals surface area contributed by atoms with Gasteiger partial charge in [0.2, 0.25) is 5.91 Å². The van der Waals surface area contributed by atoms with Crippen molar-refractivity contribution >= 4 is 11.7 Å². The summed E-state index contributed by atoms with van der Waals surface area (Å²) in [5.41, 5.74) is 4.82. The Morgan fingerprint density at radius 1 is 1.50 bits per heavy atom. The highest BCUT2D eigenvalue weighted by Crippen LogP contribution is 2.02. The first-order chi connectivity index (χ1) is 4.46. The fraction of sp³-hybridized carbons (Fsp3) is 0.667. The number of nitrogens with two attached hydrogens (primary N) is 1. The maximum Gasteiger partial charge on any atom is 0.230 e. The molecule has 0 heterocycles. The molecule has 3 N–H and O–H groups in total. The van der Waals surface area contributed by atoms with E-state index < -0.39 is 23.7 Å². The van der Waals surface area contributed by atoms with Crippen LogP contribution in [0.1, 0.15) is 13.8 Å². The van der Waals surface area contributed by atoms with Gasteiger partial charge in [-0.2, -0.15) is 0 Å². The Morgan fingerprint density at radius 3 is 1.90 bits per heavy atom. The molecule has 4 nitrogen and oxygen atoms in total. The molecule has 58 valence electrons. The van der Waals surface area contributed by atoms with Crippen LogP contribution in [0.25, 0.3) is 0 Å². The average Bonchev–Trinajstić information content (AvgIpc) is 1.59. The highest BCUT2D eigenvalue weighted by molar-refractivity contribution is 6.00. The number of primary amides is 1. The van der Waals surface area contributed by atoms with E-state index in [0.29, 0.717) is 0 Å². The van der Waals surface area contributed by atoms with Gasteiger partial charge >= 0.3 is 0 Å². The second-order valence-electron chi connectivity index (χ2n) is 2.23. The monoisotopic (exact) mass is 145 g/mol. The van der Waals surface area contributed by atoms with Crippen LogP contribution < -0.4 is 5.73 Å². The predicted octanol–water partition coefficient (Wildman–Crippen LogP) is -0.942. The molecule has 0 saturated carbocycles. The number of carbonyl (C=O) groups is 2. The molecule has 0 fully saturated rings. The van der Waals surface area contributed by atoms with Gasteiger partial charge in [0, 0.05) is 0 Å². The van der Waals surface area contributed by atoms with Gasteiger partial charge in [-0.1, -0.05) is 0 Å². The third-order valence-electron chi connectivity index (χ3n) is 1.23. The summed E-state index contributed by atoms with van der Waals surface area (Å²) in [6.45, 7) is 2.58. The van der Waals surface area contributed by atoms with Gasteiger partial charge in [-0.05, 0) is 13.8 Å². The maximum atomic E-state index is 10.6. The minimum absolute atomic E-state index is 0.400. The number of aliphatic hydroxyl groups excluding tert-OH is 1. The molecule has 2 atom stereocenters. The number of ketones is 1. The Labute approximate surface area is 59.0 Å². The lowest BCUT2D eigenvalue weighted by atomic mass is 9.99. The van der Waals surface area contributed by atoms with Crippen LogP contribution in [-0.2, 0) is 9.59 Å². The van der Waals surface area contributed by atoms with Crippen molar-refractivity contribution in [1.29, 1.82) is 0 Å². The zero-order valence-electron chi connectivity index (χ0n) is 6.00. The molecule has 4 heteroatoms. The van der Waals surface area contributed by atoms with Gasteiger partial charge in [-0.25, -0.2) is 0 Å². The van der Waals surface area contributed by atoms with Crippen LogP contribution in [0.4, 0.5) is 0 Å². The Morgan fingerprint density at radius 2 is 1.90 bits per heavy atom. The third-order valence-corrected chi connectivity index (χ3v) is 1.23. The van der Waals surface area contributed by atoms with Crippen molar-refractivity contribution < 1.29 is 14.7 Å². The van der Waals surface area contributed by atoms with Crippen molar-refractivity contribution in [3.05, 3.63) is 0 Å². The van der Waals surface area contributed by atoms with Crippen molar-refractivity contribution in [2.75, 3.05) is 0 Å². The predicted molar refractivity (Wildman–Crippen MR) is 35.0 cm³/mol. The second kappa shape index (κ2) is 3.31. The van der Waals surface area contributed by atoms with Crippen molar-refractivity contribution in [3.8, 4) is 0 Å². The molecule has 1 amide bonds. The van der Waals surface area contributed by atoms with Gasteiger partial charge in [0.05, 0.1) is 6.10 Å². The summed E-state index contributed by atoms with van der Waals surface area (Å²) in [4.78, 5) is 21.0. The Balaban J connectivity index is 4.27. The zero-order valence-corrected chi connectivity index (χ0v) is 6.00. The molecular weight excluding hydrogens is 134 g/mol. The van der Waals surface area contributed by atoms with E-state index in [2.05, 4.69) is 0 Å². The Bertz CT molecular complexity index is 139. The molecule has 0 aromatic rings. The maximum absolute atomic E-state index is 10.6. The van der Waals surface area contributed by atoms with E-state index in [-0.39, 0.29) is 0 Å². The van der Waals surface area contributed by atoms with Crippen molar-refractivity contribution in [2.45, 2.75) is 20.0 Å². The van der Waals surface area contributed by atoms with Gasteiger partial charge in [0.15, 0.2) is 0 Å². The minimum Gasteiger partial charge on any atom is -0.392 e. The smallest absolute Gasteiger partial charge is 0.230 e. The summed E-state index contributed by atoms with van der Waals surface area (Å²) < 4.78 is 0. The molecule has 0 aliphatic carbocycles. The first kappa shape index (κ1) is 9.10. The van der Waals surface area contributed by atoms with E-state index in [9.17, 15) is 9.59 Å². The summed E-state index contributed by atoms with van der Waals surface area (Å²) in [7, 11) is 0. The van der Waals surface area contributed by atoms with Gasteiger partial charge in [-0.15, -0.1) is 0 Å². The molecule has 2 unspecified atom stereocenters. The van der Waals surface area contributed by atoms with Crippen LogP contribution in [-0.4, -0.2) is 22.9 Å². The summed E-state index contributed by atoms with van der Waals surface area (Å²) in [5.74, 6) is -2.23. The minimum atomic E-state index is -1.06. The highest BCUT2D eigenvalue weighted by Gasteiger charge is 2.25. The molecule has 0 bridgehead atoms. The largest absolute Gasteiger partial charge is 0.392 e. The first-order valence-electron chi connectivity index (χ1n) is 2.94. The fourth-order valence-corrected chi connectivity index (χ4v) is 0.778. The standard InChI is InChI=1S/C6H11NO3/c1-3(8)5(4(2)9)6(7)10/h3,5,8H,1-2H3,(H2,7,10). The van der Waals surface area contributed by atoms with Gasteiger partial charge < -0.3 is 10.8 Å². The number of carbonyl (C=O) groups excluding carboxylic acids is 2. The molecule has 0 aliphatic rings. The summed E-state index contributed by atoms with van der Waals surface area (Å²) in [6.07, 6.45) is -0.991. The topological polar surface area (TPSA) is 80.4 Å². The lowest BCUT2D eigenvalue weighted by molar-refractivity contribution is -0.134. The third kappa shape index (κ3) is 2.14. The molecule has 0 aromatic carbocycles. The number of rotatable bonds is 3. The van der Waals surface area contributed by atoms with E-state index in [4.69, 9.17) is 10.8 Å². The zero-order chi connectivity index (χ0) is 8.31. The van der Waals surface area contributed by atoms with Crippen LogP contribution in [0.2, 0.25) is 0 Å². The van der Waals surface area contributed by atoms with Crippen LogP contribution in [0.15, 0.2) is 0 Å². The van der Waals surface area contributed by atoms with E-state index in [1.54, 1.807) is 0 Å². The van der Waals surface area contributed by atoms with Crippen LogP contribution >= 0.6 is 0 Å². The molecule has 0 radical (unpaired) electrons. The first-order valence-corrected chi connectivity index (χ1v) is 2.94. The summed E-state index contributed by atoms with van der Waals surface area (Å²) in [5, 5.41) is 8.83. The van der Waals surface area contributed by atoms with Crippen molar-refractivity contribution in [2.24, 2.45) is 11.7 Å². The van der Waals surface area contributed by atoms with Crippen molar-refractivity contribution in [3.63, 3.8) is 0 Å². The number of hydrogen-bond acceptors (Lipinski definition) is 3. The highest BCUT2D eigenvalue weighted by atomic mass is 16.3. The van der Waals surface area contributed by atoms with E-state index >= 15 is 0 Å². The lowest BCUT2D eigenvalue weighted by Gasteiger charge is -2.11.